The molecule has 0 aliphatic heterocycles. The number of carbonyl (C=O) groups excluding carboxylic acids is 1. The maximum atomic E-state index is 14.2. The van der Waals surface area contributed by atoms with Gasteiger partial charge in [-0.15, -0.1) is 12.6 Å². The van der Waals surface area contributed by atoms with Crippen molar-refractivity contribution in [1.29, 1.82) is 0 Å². The molecule has 5 aromatic carbocycles. The molecule has 0 heterocycles. The second kappa shape index (κ2) is 19.5. The number of hydrogen-bond donors (Lipinski definition) is 1. The minimum absolute atomic E-state index is 0.173. The van der Waals surface area contributed by atoms with Crippen LogP contribution in [-0.2, 0) is 60.3 Å². The first-order valence-corrected chi connectivity index (χ1v) is 21.2. The number of alkyl halides is 24. The summed E-state index contributed by atoms with van der Waals surface area (Å²) in [6.45, 7) is 0. The first kappa shape index (κ1) is 57.4. The second-order valence-electron chi connectivity index (χ2n) is 15.3. The smallest absolute Gasteiger partial charge is 0.289 e. The molecule has 0 radical (unpaired) electrons. The van der Waals surface area contributed by atoms with Crippen LogP contribution in [0, 0.1) is 0 Å². The van der Waals surface area contributed by atoms with Crippen molar-refractivity contribution in [3.63, 3.8) is 0 Å². The fraction of sp³-hybridized carbons (Fsp3) is 0.262. The topological polar surface area (TPSA) is 17.1 Å². The molecule has 0 saturated heterocycles. The number of carbonyl (C=O) groups is 1. The van der Waals surface area contributed by atoms with E-state index in [1.165, 1.54) is 0 Å². The van der Waals surface area contributed by atoms with Crippen molar-refractivity contribution in [1.82, 2.24) is 0 Å². The highest BCUT2D eigenvalue weighted by Crippen LogP contribution is 2.41. The first-order chi connectivity index (χ1) is 31.4. The molecular formula is C42H25BF24OS2. The lowest BCUT2D eigenvalue weighted by Crippen LogP contribution is -2.75. The summed E-state index contributed by atoms with van der Waals surface area (Å²) < 4.78 is 341. The molecule has 0 unspecified atom stereocenters. The van der Waals surface area contributed by atoms with Crippen LogP contribution in [0.3, 0.4) is 0 Å². The average molecular weight is 1080 g/mol. The van der Waals surface area contributed by atoms with E-state index in [2.05, 4.69) is 25.1 Å². The minimum Gasteiger partial charge on any atom is -0.289 e. The molecule has 5 rings (SSSR count). The summed E-state index contributed by atoms with van der Waals surface area (Å²) in [4.78, 5) is 12.4. The third kappa shape index (κ3) is 13.6. The Morgan fingerprint density at radius 2 is 0.600 bits per heavy atom. The van der Waals surface area contributed by atoms with E-state index in [1.54, 1.807) is 0 Å². The Morgan fingerprint density at radius 1 is 0.386 bits per heavy atom. The molecule has 0 aromatic heterocycles. The average Bonchev–Trinajstić information content (AvgIpc) is 3.18. The lowest BCUT2D eigenvalue weighted by atomic mass is 9.12. The number of Topliss-reactive ketones (excluding diaryl/α,β-unsaturated/α-hetero) is 1. The Hall–Kier alpha value is -5.15. The summed E-state index contributed by atoms with van der Waals surface area (Å²) in [6, 6.07) is -1.42. The Balaban J connectivity index is 0.000000707. The van der Waals surface area contributed by atoms with Gasteiger partial charge in [0.05, 0.1) is 57.0 Å². The highest BCUT2D eigenvalue weighted by Gasteiger charge is 2.47. The predicted octanol–water partition coefficient (Wildman–Crippen LogP) is 13.3. The standard InChI is InChI=1S/C32H12BF24.C10H12OS2/c34-25(35,36)13-1-14(26(37,38)39)6-21(5-13)33(22-7-15(27(40,41)42)2-16(8-22)28(43,44)45,23-9-17(29(46,47)48)3-18(10-23)30(49,50)51)24-11-19(31(52,53)54)4-20(12-24)32(55,56)57;1-13(2)7-10(11)8-4-3-5-9(12)6-8/h1-12H;3-6H,7H2,1-2H3/q-1;/p+1. The summed E-state index contributed by atoms with van der Waals surface area (Å²) in [7, 11) is 0.173. The van der Waals surface area contributed by atoms with E-state index in [1.807, 2.05) is 24.3 Å². The largest absolute Gasteiger partial charge is 0.416 e. The van der Waals surface area contributed by atoms with E-state index < -0.39 is 195 Å². The van der Waals surface area contributed by atoms with Crippen LogP contribution in [0.1, 0.15) is 54.9 Å². The van der Waals surface area contributed by atoms with Crippen LogP contribution in [0.15, 0.2) is 102 Å². The van der Waals surface area contributed by atoms with Crippen molar-refractivity contribution >= 4 is 57.3 Å². The van der Waals surface area contributed by atoms with Crippen molar-refractivity contribution in [2.75, 3.05) is 18.3 Å². The predicted molar refractivity (Wildman–Crippen MR) is 212 cm³/mol. The normalized spacial score (nSPS) is 13.6. The van der Waals surface area contributed by atoms with E-state index in [0.29, 0.717) is 5.75 Å². The lowest BCUT2D eigenvalue weighted by molar-refractivity contribution is -0.144. The van der Waals surface area contributed by atoms with Gasteiger partial charge in [0, 0.05) is 10.5 Å². The SMILES string of the molecule is C[S+](C)CC(=O)c1cccc(S)c1.FC(F)(F)c1cc([B-](c2cc(C(F)(F)F)cc(C(F)(F)F)c2)(c2cc(C(F)(F)F)cc(C(F)(F)F)c2)c2cc(C(F)(F)F)cc(C(F)(F)F)c2)cc(C(F)(F)F)c1. The van der Waals surface area contributed by atoms with Gasteiger partial charge in [-0.2, -0.15) is 127 Å². The monoisotopic (exact) mass is 1080 g/mol. The van der Waals surface area contributed by atoms with Gasteiger partial charge in [-0.3, -0.25) is 4.79 Å². The molecule has 0 atom stereocenters. The van der Waals surface area contributed by atoms with E-state index >= 15 is 0 Å². The van der Waals surface area contributed by atoms with Gasteiger partial charge in [-0.25, -0.2) is 0 Å². The summed E-state index contributed by atoms with van der Waals surface area (Å²) in [5.41, 5.74) is -29.4. The molecule has 382 valence electrons. The van der Waals surface area contributed by atoms with Gasteiger partial charge < -0.3 is 0 Å². The van der Waals surface area contributed by atoms with Crippen LogP contribution in [0.4, 0.5) is 105 Å². The summed E-state index contributed by atoms with van der Waals surface area (Å²) in [6.07, 6.45) is -50.7. The molecule has 0 spiro atoms. The molecule has 0 aliphatic rings. The number of thiol groups is 1. The van der Waals surface area contributed by atoms with E-state index in [9.17, 15) is 110 Å². The minimum atomic E-state index is -6.13. The van der Waals surface area contributed by atoms with Crippen LogP contribution in [0.5, 0.6) is 0 Å². The van der Waals surface area contributed by atoms with Gasteiger partial charge >= 0.3 is 49.4 Å². The van der Waals surface area contributed by atoms with E-state index in [4.69, 9.17) is 0 Å². The molecule has 28 heteroatoms. The van der Waals surface area contributed by atoms with E-state index in [0.717, 1.165) is 10.5 Å². The zero-order valence-corrected chi connectivity index (χ0v) is 36.1. The molecule has 0 aliphatic carbocycles. The Labute approximate surface area is 386 Å². The third-order valence-electron chi connectivity index (χ3n) is 10.0. The molecule has 0 bridgehead atoms. The number of rotatable bonds is 7. The Bertz CT molecular complexity index is 2260. The van der Waals surface area contributed by atoms with Gasteiger partial charge in [0.25, 0.3) is 0 Å². The maximum Gasteiger partial charge on any atom is 0.416 e. The number of hydrogen-bond acceptors (Lipinski definition) is 2. The van der Waals surface area contributed by atoms with Crippen LogP contribution >= 0.6 is 12.6 Å². The van der Waals surface area contributed by atoms with Gasteiger partial charge in [0.15, 0.2) is 5.75 Å². The van der Waals surface area contributed by atoms with Crippen LogP contribution in [0.2, 0.25) is 0 Å². The molecule has 70 heavy (non-hydrogen) atoms. The number of halogens is 24. The zero-order valence-electron chi connectivity index (χ0n) is 34.4. The second-order valence-corrected chi connectivity index (χ2v) is 18.1. The first-order valence-electron chi connectivity index (χ1n) is 18.6. The fourth-order valence-corrected chi connectivity index (χ4v) is 8.01. The Morgan fingerprint density at radius 3 is 0.771 bits per heavy atom. The van der Waals surface area contributed by atoms with E-state index in [-0.39, 0.29) is 16.7 Å². The van der Waals surface area contributed by atoms with Crippen molar-refractivity contribution < 1.29 is 110 Å². The third-order valence-corrected chi connectivity index (χ3v) is 11.1. The molecule has 0 N–H and O–H groups in total. The molecule has 5 aromatic rings. The molecule has 0 amide bonds. The van der Waals surface area contributed by atoms with Crippen molar-refractivity contribution in [2.45, 2.75) is 54.3 Å². The van der Waals surface area contributed by atoms with Crippen LogP contribution < -0.4 is 21.9 Å². The van der Waals surface area contributed by atoms with Crippen molar-refractivity contribution in [2.24, 2.45) is 0 Å². The van der Waals surface area contributed by atoms with Gasteiger partial charge in [0.1, 0.15) is 6.15 Å². The lowest BCUT2D eigenvalue weighted by Gasteiger charge is -2.46. The highest BCUT2D eigenvalue weighted by molar-refractivity contribution is 7.96. The molecule has 0 saturated carbocycles. The number of ketones is 1. The van der Waals surface area contributed by atoms with Gasteiger partial charge in [-0.05, 0) is 47.3 Å². The quantitative estimate of drug-likeness (QED) is 0.0565. The van der Waals surface area contributed by atoms with Crippen LogP contribution in [0.25, 0.3) is 0 Å². The summed E-state index contributed by atoms with van der Waals surface area (Å²) in [5.74, 6) is 0.848. The van der Waals surface area contributed by atoms with Gasteiger partial charge in [0.2, 0.25) is 5.78 Å². The van der Waals surface area contributed by atoms with Crippen LogP contribution in [-0.4, -0.2) is 30.2 Å². The molecular weight excluding hydrogens is 1050 g/mol. The Kier molecular flexibility index (Phi) is 16.0. The van der Waals surface area contributed by atoms with Gasteiger partial charge in [-0.1, -0.05) is 60.7 Å². The van der Waals surface area contributed by atoms with Crippen molar-refractivity contribution in [3.8, 4) is 0 Å². The molecule has 0 fully saturated rings. The summed E-state index contributed by atoms with van der Waals surface area (Å²) >= 11 is 4.19. The summed E-state index contributed by atoms with van der Waals surface area (Å²) in [5, 5.41) is 0. The highest BCUT2D eigenvalue weighted by atomic mass is 32.2. The number of benzene rings is 5. The maximum absolute atomic E-state index is 14.2. The zero-order chi connectivity index (χ0) is 53.8. The fourth-order valence-electron chi connectivity index (χ4n) is 7.10. The molecule has 1 nitrogen and oxygen atoms in total. The van der Waals surface area contributed by atoms with Crippen molar-refractivity contribution in [3.05, 3.63) is 147 Å².